The van der Waals surface area contributed by atoms with Gasteiger partial charge in [0.2, 0.25) is 5.91 Å². The second kappa shape index (κ2) is 5.09. The van der Waals surface area contributed by atoms with E-state index < -0.39 is 0 Å². The molecule has 0 spiro atoms. The number of aryl methyl sites for hydroxylation is 2. The van der Waals surface area contributed by atoms with Crippen LogP contribution in [0.5, 0.6) is 0 Å². The number of carbonyl (C=O) groups is 1. The van der Waals surface area contributed by atoms with Crippen molar-refractivity contribution >= 4 is 11.7 Å². The van der Waals surface area contributed by atoms with E-state index in [2.05, 4.69) is 26.5 Å². The van der Waals surface area contributed by atoms with Crippen LogP contribution in [0.25, 0.3) is 0 Å². The Kier molecular flexibility index (Phi) is 3.27. The Morgan fingerprint density at radius 2 is 2.25 bits per heavy atom. The van der Waals surface area contributed by atoms with Gasteiger partial charge in [0.05, 0.1) is 24.5 Å². The highest BCUT2D eigenvalue weighted by Crippen LogP contribution is 2.13. The third-order valence-corrected chi connectivity index (χ3v) is 3.35. The van der Waals surface area contributed by atoms with E-state index in [-0.39, 0.29) is 5.91 Å². The Hall–Kier alpha value is -2.15. The molecule has 0 saturated heterocycles. The SMILES string of the molecule is Cc1cc2n(n1)CCN(CC(=O)Nc1ccn(C)n1)C2. The minimum absolute atomic E-state index is 0.0339. The number of nitrogens with one attached hydrogen (secondary N) is 1. The number of fused-ring (bicyclic) bond motifs is 1. The first kappa shape index (κ1) is 12.9. The van der Waals surface area contributed by atoms with E-state index in [1.807, 2.05) is 18.7 Å². The maximum Gasteiger partial charge on any atom is 0.239 e. The summed E-state index contributed by atoms with van der Waals surface area (Å²) < 4.78 is 3.68. The molecule has 0 aromatic carbocycles. The molecule has 1 amide bonds. The van der Waals surface area contributed by atoms with E-state index in [9.17, 15) is 4.79 Å². The highest BCUT2D eigenvalue weighted by molar-refractivity contribution is 5.91. The zero-order valence-electron chi connectivity index (χ0n) is 11.7. The van der Waals surface area contributed by atoms with Gasteiger partial charge < -0.3 is 5.32 Å². The highest BCUT2D eigenvalue weighted by Gasteiger charge is 2.19. The van der Waals surface area contributed by atoms with E-state index >= 15 is 0 Å². The molecular formula is C13H18N6O. The van der Waals surface area contributed by atoms with Gasteiger partial charge in [-0.2, -0.15) is 10.2 Å². The first-order valence-corrected chi connectivity index (χ1v) is 6.65. The van der Waals surface area contributed by atoms with Crippen molar-refractivity contribution in [3.63, 3.8) is 0 Å². The molecular weight excluding hydrogens is 256 g/mol. The quantitative estimate of drug-likeness (QED) is 0.878. The van der Waals surface area contributed by atoms with Gasteiger partial charge in [-0.1, -0.05) is 0 Å². The summed E-state index contributed by atoms with van der Waals surface area (Å²) in [7, 11) is 1.82. The van der Waals surface area contributed by atoms with E-state index in [0.717, 1.165) is 25.3 Å². The lowest BCUT2D eigenvalue weighted by Crippen LogP contribution is -2.39. The van der Waals surface area contributed by atoms with Crippen LogP contribution < -0.4 is 5.32 Å². The third-order valence-electron chi connectivity index (χ3n) is 3.35. The van der Waals surface area contributed by atoms with Crippen molar-refractivity contribution in [2.45, 2.75) is 20.0 Å². The standard InChI is InChI=1S/C13H18N6O/c1-10-7-11-8-18(5-6-19(11)15-10)9-13(20)14-12-3-4-17(2)16-12/h3-4,7H,5-6,8-9H2,1-2H3,(H,14,16,20). The van der Waals surface area contributed by atoms with Crippen molar-refractivity contribution in [2.75, 3.05) is 18.4 Å². The predicted octanol–water partition coefficient (Wildman–Crippen LogP) is 0.379. The first-order chi connectivity index (χ1) is 9.60. The summed E-state index contributed by atoms with van der Waals surface area (Å²) in [6, 6.07) is 3.86. The highest BCUT2D eigenvalue weighted by atomic mass is 16.2. The van der Waals surface area contributed by atoms with Crippen molar-refractivity contribution in [3.8, 4) is 0 Å². The van der Waals surface area contributed by atoms with Crippen LogP contribution in [0.4, 0.5) is 5.82 Å². The fraction of sp³-hybridized carbons (Fsp3) is 0.462. The first-order valence-electron chi connectivity index (χ1n) is 6.65. The molecule has 1 N–H and O–H groups in total. The van der Waals surface area contributed by atoms with Crippen LogP contribution in [0, 0.1) is 6.92 Å². The Balaban J connectivity index is 1.57. The van der Waals surface area contributed by atoms with Gasteiger partial charge in [-0.05, 0) is 13.0 Å². The fourth-order valence-corrected chi connectivity index (χ4v) is 2.47. The van der Waals surface area contributed by atoms with E-state index in [4.69, 9.17) is 0 Å². The van der Waals surface area contributed by atoms with Crippen molar-refractivity contribution < 1.29 is 4.79 Å². The van der Waals surface area contributed by atoms with Crippen LogP contribution >= 0.6 is 0 Å². The van der Waals surface area contributed by atoms with Gasteiger partial charge in [0, 0.05) is 32.4 Å². The Morgan fingerprint density at radius 3 is 3.00 bits per heavy atom. The molecule has 0 saturated carbocycles. The number of rotatable bonds is 3. The summed E-state index contributed by atoms with van der Waals surface area (Å²) in [5.74, 6) is 0.559. The lowest BCUT2D eigenvalue weighted by Gasteiger charge is -2.26. The number of hydrogen-bond acceptors (Lipinski definition) is 4. The minimum atomic E-state index is -0.0339. The zero-order valence-corrected chi connectivity index (χ0v) is 11.7. The predicted molar refractivity (Wildman–Crippen MR) is 74.1 cm³/mol. The van der Waals surface area contributed by atoms with Gasteiger partial charge in [0.25, 0.3) is 0 Å². The van der Waals surface area contributed by atoms with Crippen molar-refractivity contribution in [1.29, 1.82) is 0 Å². The van der Waals surface area contributed by atoms with Gasteiger partial charge in [0.1, 0.15) is 0 Å². The third kappa shape index (κ3) is 2.72. The van der Waals surface area contributed by atoms with Crippen LogP contribution in [0.3, 0.4) is 0 Å². The van der Waals surface area contributed by atoms with E-state index in [0.29, 0.717) is 12.4 Å². The van der Waals surface area contributed by atoms with E-state index in [1.165, 1.54) is 5.69 Å². The van der Waals surface area contributed by atoms with Crippen LogP contribution in [0.2, 0.25) is 0 Å². The molecule has 0 fully saturated rings. The lowest BCUT2D eigenvalue weighted by atomic mass is 10.3. The molecule has 3 heterocycles. The molecule has 20 heavy (non-hydrogen) atoms. The summed E-state index contributed by atoms with van der Waals surface area (Å²) in [6.07, 6.45) is 1.80. The molecule has 0 bridgehead atoms. The zero-order chi connectivity index (χ0) is 14.1. The molecule has 0 aliphatic carbocycles. The van der Waals surface area contributed by atoms with Crippen LogP contribution in [0.15, 0.2) is 18.3 Å². The topological polar surface area (TPSA) is 68.0 Å². The summed E-state index contributed by atoms with van der Waals surface area (Å²) in [6.45, 7) is 4.80. The van der Waals surface area contributed by atoms with E-state index in [1.54, 1.807) is 16.9 Å². The molecule has 7 heteroatoms. The van der Waals surface area contributed by atoms with Gasteiger partial charge in [0.15, 0.2) is 5.82 Å². The van der Waals surface area contributed by atoms with Gasteiger partial charge in [-0.3, -0.25) is 19.1 Å². The number of aromatic nitrogens is 4. The number of carbonyl (C=O) groups excluding carboxylic acids is 1. The van der Waals surface area contributed by atoms with Crippen LogP contribution in [-0.2, 0) is 24.9 Å². The molecule has 7 nitrogen and oxygen atoms in total. The second-order valence-corrected chi connectivity index (χ2v) is 5.13. The summed E-state index contributed by atoms with van der Waals surface area (Å²) in [4.78, 5) is 14.1. The van der Waals surface area contributed by atoms with Crippen molar-refractivity contribution in [2.24, 2.45) is 7.05 Å². The molecule has 1 aliphatic heterocycles. The largest absolute Gasteiger partial charge is 0.308 e. The second-order valence-electron chi connectivity index (χ2n) is 5.13. The van der Waals surface area contributed by atoms with Crippen LogP contribution in [-0.4, -0.2) is 43.5 Å². The average molecular weight is 274 g/mol. The molecule has 0 unspecified atom stereocenters. The maximum atomic E-state index is 12.0. The Morgan fingerprint density at radius 1 is 1.40 bits per heavy atom. The minimum Gasteiger partial charge on any atom is -0.308 e. The maximum absolute atomic E-state index is 12.0. The molecule has 106 valence electrons. The number of anilines is 1. The van der Waals surface area contributed by atoms with Gasteiger partial charge in [-0.15, -0.1) is 0 Å². The van der Waals surface area contributed by atoms with Crippen LogP contribution in [0.1, 0.15) is 11.4 Å². The normalized spacial score (nSPS) is 15.1. The molecule has 0 radical (unpaired) electrons. The average Bonchev–Trinajstić information content (AvgIpc) is 2.93. The van der Waals surface area contributed by atoms with Gasteiger partial charge in [-0.25, -0.2) is 0 Å². The summed E-state index contributed by atoms with van der Waals surface area (Å²) >= 11 is 0. The smallest absolute Gasteiger partial charge is 0.239 e. The fourth-order valence-electron chi connectivity index (χ4n) is 2.47. The monoisotopic (exact) mass is 274 g/mol. The van der Waals surface area contributed by atoms with Crippen molar-refractivity contribution in [3.05, 3.63) is 29.7 Å². The Bertz CT molecular complexity index is 629. The molecule has 2 aromatic rings. The van der Waals surface area contributed by atoms with Crippen molar-refractivity contribution in [1.82, 2.24) is 24.5 Å². The molecule has 3 rings (SSSR count). The van der Waals surface area contributed by atoms with Gasteiger partial charge >= 0.3 is 0 Å². The number of hydrogen-bond donors (Lipinski definition) is 1. The molecule has 0 atom stereocenters. The lowest BCUT2D eigenvalue weighted by molar-refractivity contribution is -0.117. The number of nitrogens with zero attached hydrogens (tertiary/aromatic N) is 5. The Labute approximate surface area is 117 Å². The molecule has 1 aliphatic rings. The number of amides is 1. The molecule has 2 aromatic heterocycles. The summed E-state index contributed by atoms with van der Waals surface area (Å²) in [5, 5.41) is 11.4. The summed E-state index contributed by atoms with van der Waals surface area (Å²) in [5.41, 5.74) is 2.19.